The summed E-state index contributed by atoms with van der Waals surface area (Å²) in [4.78, 5) is 15.0. The van der Waals surface area contributed by atoms with Crippen molar-refractivity contribution in [2.45, 2.75) is 0 Å². The Labute approximate surface area is 120 Å². The zero-order valence-electron chi connectivity index (χ0n) is 9.92. The number of hydrogen-bond donors (Lipinski definition) is 1. The van der Waals surface area contributed by atoms with Gasteiger partial charge in [0.15, 0.2) is 11.3 Å². The minimum Gasteiger partial charge on any atom is -0.476 e. The number of nitrogens with zero attached hydrogens (tertiary/aromatic N) is 3. The highest BCUT2D eigenvalue weighted by molar-refractivity contribution is 9.10. The van der Waals surface area contributed by atoms with E-state index in [9.17, 15) is 9.18 Å². The summed E-state index contributed by atoms with van der Waals surface area (Å²) in [6, 6.07) is 9.30. The number of imidazole rings is 1. The van der Waals surface area contributed by atoms with Crippen molar-refractivity contribution in [3.8, 4) is 11.3 Å². The number of fused-ring (bicyclic) bond motifs is 1. The summed E-state index contributed by atoms with van der Waals surface area (Å²) in [5, 5.41) is 13.3. The molecule has 0 amide bonds. The lowest BCUT2D eigenvalue weighted by Gasteiger charge is -2.02. The van der Waals surface area contributed by atoms with Crippen molar-refractivity contribution in [1.82, 2.24) is 14.6 Å². The Hall–Kier alpha value is -2.28. The molecule has 2 heterocycles. The first-order valence-electron chi connectivity index (χ1n) is 5.61. The number of aromatic nitrogens is 3. The van der Waals surface area contributed by atoms with Crippen molar-refractivity contribution >= 4 is 27.5 Å². The first-order chi connectivity index (χ1) is 9.56. The minimum atomic E-state index is -1.14. The summed E-state index contributed by atoms with van der Waals surface area (Å²) in [5.41, 5.74) is 1.40. The average molecular weight is 336 g/mol. The van der Waals surface area contributed by atoms with Gasteiger partial charge >= 0.3 is 5.97 Å². The zero-order valence-corrected chi connectivity index (χ0v) is 11.5. The van der Waals surface area contributed by atoms with Crippen LogP contribution < -0.4 is 0 Å². The monoisotopic (exact) mass is 335 g/mol. The lowest BCUT2D eigenvalue weighted by Crippen LogP contribution is -1.98. The van der Waals surface area contributed by atoms with Crippen LogP contribution in [0.4, 0.5) is 4.39 Å². The van der Waals surface area contributed by atoms with Crippen LogP contribution in [0.5, 0.6) is 0 Å². The van der Waals surface area contributed by atoms with E-state index in [1.165, 1.54) is 16.6 Å². The SMILES string of the molecule is O=C(O)c1nc2ccc(-c3cccc(F)c3)nn2c1Br. The molecule has 20 heavy (non-hydrogen) atoms. The highest BCUT2D eigenvalue weighted by atomic mass is 79.9. The van der Waals surface area contributed by atoms with Gasteiger partial charge in [-0.05, 0) is 40.2 Å². The van der Waals surface area contributed by atoms with Crippen molar-refractivity contribution in [3.63, 3.8) is 0 Å². The molecule has 3 rings (SSSR count). The molecule has 0 fully saturated rings. The predicted octanol–water partition coefficient (Wildman–Crippen LogP) is 3.00. The van der Waals surface area contributed by atoms with Gasteiger partial charge in [0.2, 0.25) is 0 Å². The molecule has 1 aromatic carbocycles. The van der Waals surface area contributed by atoms with Gasteiger partial charge < -0.3 is 5.11 Å². The van der Waals surface area contributed by atoms with Gasteiger partial charge in [-0.2, -0.15) is 5.10 Å². The highest BCUT2D eigenvalue weighted by Crippen LogP contribution is 2.22. The van der Waals surface area contributed by atoms with Gasteiger partial charge in [-0.15, -0.1) is 0 Å². The van der Waals surface area contributed by atoms with Gasteiger partial charge in [0.05, 0.1) is 5.69 Å². The van der Waals surface area contributed by atoms with Gasteiger partial charge in [0.1, 0.15) is 10.4 Å². The molecule has 0 bridgehead atoms. The van der Waals surface area contributed by atoms with Gasteiger partial charge in [-0.25, -0.2) is 18.7 Å². The molecule has 7 heteroatoms. The maximum Gasteiger partial charge on any atom is 0.357 e. The molecule has 0 aliphatic carbocycles. The fourth-order valence-corrected chi connectivity index (χ4v) is 2.36. The number of carboxylic acids is 1. The molecule has 0 atom stereocenters. The second kappa shape index (κ2) is 4.68. The van der Waals surface area contributed by atoms with Gasteiger partial charge in [0, 0.05) is 5.56 Å². The van der Waals surface area contributed by atoms with E-state index in [0.717, 1.165) is 0 Å². The lowest BCUT2D eigenvalue weighted by atomic mass is 10.1. The fraction of sp³-hybridized carbons (Fsp3) is 0. The third-order valence-corrected chi connectivity index (χ3v) is 3.46. The summed E-state index contributed by atoms with van der Waals surface area (Å²) >= 11 is 3.16. The maximum absolute atomic E-state index is 13.2. The van der Waals surface area contributed by atoms with Crippen LogP contribution in [0.15, 0.2) is 41.0 Å². The molecule has 100 valence electrons. The quantitative estimate of drug-likeness (QED) is 0.781. The van der Waals surface area contributed by atoms with E-state index < -0.39 is 5.97 Å². The largest absolute Gasteiger partial charge is 0.476 e. The number of halogens is 2. The Kier molecular flexibility index (Phi) is 2.98. The van der Waals surface area contributed by atoms with Crippen LogP contribution in [0.3, 0.4) is 0 Å². The lowest BCUT2D eigenvalue weighted by molar-refractivity contribution is 0.0690. The van der Waals surface area contributed by atoms with Crippen LogP contribution in [-0.2, 0) is 0 Å². The minimum absolute atomic E-state index is 0.117. The molecule has 5 nitrogen and oxygen atoms in total. The summed E-state index contributed by atoms with van der Waals surface area (Å²) in [6.45, 7) is 0. The molecule has 0 radical (unpaired) electrons. The number of hydrogen-bond acceptors (Lipinski definition) is 3. The maximum atomic E-state index is 13.2. The summed E-state index contributed by atoms with van der Waals surface area (Å²) in [5.74, 6) is -1.50. The second-order valence-corrected chi connectivity index (χ2v) is 4.81. The normalized spacial score (nSPS) is 10.9. The summed E-state index contributed by atoms with van der Waals surface area (Å²) < 4.78 is 14.8. The van der Waals surface area contributed by atoms with Crippen LogP contribution in [-0.4, -0.2) is 25.7 Å². The van der Waals surface area contributed by atoms with Crippen molar-refractivity contribution in [3.05, 3.63) is 52.5 Å². The van der Waals surface area contributed by atoms with E-state index in [0.29, 0.717) is 16.9 Å². The first kappa shape index (κ1) is 12.7. The molecule has 2 aromatic heterocycles. The second-order valence-electron chi connectivity index (χ2n) is 4.06. The van der Waals surface area contributed by atoms with Crippen molar-refractivity contribution in [2.75, 3.05) is 0 Å². The highest BCUT2D eigenvalue weighted by Gasteiger charge is 2.17. The van der Waals surface area contributed by atoms with Gasteiger partial charge in [-0.1, -0.05) is 12.1 Å². The van der Waals surface area contributed by atoms with Crippen molar-refractivity contribution < 1.29 is 14.3 Å². The topological polar surface area (TPSA) is 67.5 Å². The van der Waals surface area contributed by atoms with E-state index in [2.05, 4.69) is 26.0 Å². The Morgan fingerprint density at radius 3 is 2.80 bits per heavy atom. The third-order valence-electron chi connectivity index (χ3n) is 2.75. The molecule has 0 aliphatic rings. The number of carbonyl (C=O) groups is 1. The van der Waals surface area contributed by atoms with Crippen LogP contribution in [0.2, 0.25) is 0 Å². The Morgan fingerprint density at radius 1 is 1.30 bits per heavy atom. The Morgan fingerprint density at radius 2 is 2.10 bits per heavy atom. The standard InChI is InChI=1S/C13H7BrFN3O2/c14-12-11(13(19)20)16-10-5-4-9(17-18(10)12)7-2-1-3-8(15)6-7/h1-6H,(H,19,20). The molecular weight excluding hydrogens is 329 g/mol. The summed E-state index contributed by atoms with van der Waals surface area (Å²) in [6.07, 6.45) is 0. The smallest absolute Gasteiger partial charge is 0.357 e. The van der Waals surface area contributed by atoms with Crippen molar-refractivity contribution in [1.29, 1.82) is 0 Å². The third kappa shape index (κ3) is 2.05. The molecule has 0 unspecified atom stereocenters. The molecule has 0 saturated heterocycles. The van der Waals surface area contributed by atoms with Crippen molar-refractivity contribution in [2.24, 2.45) is 0 Å². The molecular formula is C13H7BrFN3O2. The average Bonchev–Trinajstić information content (AvgIpc) is 2.76. The van der Waals surface area contributed by atoms with Gasteiger partial charge in [-0.3, -0.25) is 0 Å². The van der Waals surface area contributed by atoms with E-state index >= 15 is 0 Å². The number of aromatic carboxylic acids is 1. The number of benzene rings is 1. The van der Waals surface area contributed by atoms with Gasteiger partial charge in [0.25, 0.3) is 0 Å². The van der Waals surface area contributed by atoms with Crippen LogP contribution in [0, 0.1) is 5.82 Å². The number of carboxylic acid groups (broad SMARTS) is 1. The van der Waals surface area contributed by atoms with E-state index in [4.69, 9.17) is 5.11 Å². The summed E-state index contributed by atoms with van der Waals surface area (Å²) in [7, 11) is 0. The predicted molar refractivity (Wildman–Crippen MR) is 73.0 cm³/mol. The van der Waals surface area contributed by atoms with E-state index in [1.807, 2.05) is 0 Å². The fourth-order valence-electron chi connectivity index (χ4n) is 1.84. The molecule has 0 spiro atoms. The molecule has 0 saturated carbocycles. The van der Waals surface area contributed by atoms with E-state index in [-0.39, 0.29) is 16.1 Å². The molecule has 0 aliphatic heterocycles. The Bertz CT molecular complexity index is 832. The zero-order chi connectivity index (χ0) is 14.3. The van der Waals surface area contributed by atoms with E-state index in [1.54, 1.807) is 24.3 Å². The Balaban J connectivity index is 2.20. The number of rotatable bonds is 2. The van der Waals surface area contributed by atoms with Crippen LogP contribution in [0.1, 0.15) is 10.5 Å². The first-order valence-corrected chi connectivity index (χ1v) is 6.40. The van der Waals surface area contributed by atoms with Crippen LogP contribution in [0.25, 0.3) is 16.9 Å². The van der Waals surface area contributed by atoms with Crippen LogP contribution >= 0.6 is 15.9 Å². The molecule has 3 aromatic rings. The molecule has 1 N–H and O–H groups in total.